The number of carbonyl (C=O) groups excluding carboxylic acids is 1. The number of ether oxygens (including phenoxy) is 1. The highest BCUT2D eigenvalue weighted by atomic mass is 32.2. The second kappa shape index (κ2) is 8.75. The van der Waals surface area contributed by atoms with Crippen LogP contribution in [-0.2, 0) is 14.8 Å². The van der Waals surface area contributed by atoms with E-state index in [2.05, 4.69) is 5.32 Å². The average molecular weight is 403 g/mol. The number of amides is 1. The Morgan fingerprint density at radius 1 is 1.07 bits per heavy atom. The van der Waals surface area contributed by atoms with Crippen LogP contribution in [0.25, 0.3) is 0 Å². The van der Waals surface area contributed by atoms with E-state index >= 15 is 0 Å². The van der Waals surface area contributed by atoms with Crippen molar-refractivity contribution in [3.63, 3.8) is 0 Å². The minimum atomic E-state index is -3.56. The highest BCUT2D eigenvalue weighted by Crippen LogP contribution is 2.27. The smallest absolute Gasteiger partial charge is 0.247 e. The van der Waals surface area contributed by atoms with E-state index in [4.69, 9.17) is 4.74 Å². The topological polar surface area (TPSA) is 75.7 Å². The van der Waals surface area contributed by atoms with Gasteiger partial charge in [0.1, 0.15) is 11.8 Å². The van der Waals surface area contributed by atoms with Gasteiger partial charge in [-0.1, -0.05) is 30.3 Å². The van der Waals surface area contributed by atoms with E-state index in [0.717, 1.165) is 29.2 Å². The third-order valence-electron chi connectivity index (χ3n) is 4.98. The van der Waals surface area contributed by atoms with Crippen molar-refractivity contribution in [2.45, 2.75) is 37.8 Å². The number of rotatable bonds is 7. The summed E-state index contributed by atoms with van der Waals surface area (Å²) < 4.78 is 31.1. The molecule has 0 aliphatic heterocycles. The Hall–Kier alpha value is -2.38. The van der Waals surface area contributed by atoms with Gasteiger partial charge in [-0.15, -0.1) is 0 Å². The Labute approximate surface area is 166 Å². The van der Waals surface area contributed by atoms with E-state index in [1.54, 1.807) is 36.4 Å². The minimum absolute atomic E-state index is 0.270. The molecule has 1 amide bonds. The summed E-state index contributed by atoms with van der Waals surface area (Å²) in [5, 5.41) is 2.81. The van der Waals surface area contributed by atoms with E-state index in [-0.39, 0.29) is 6.10 Å². The summed E-state index contributed by atoms with van der Waals surface area (Å²) in [5.41, 5.74) is 1.20. The van der Waals surface area contributed by atoms with Crippen molar-refractivity contribution >= 4 is 21.6 Å². The Morgan fingerprint density at radius 3 is 2.25 bits per heavy atom. The van der Waals surface area contributed by atoms with Crippen molar-refractivity contribution in [1.29, 1.82) is 0 Å². The molecule has 0 bridgehead atoms. The molecule has 150 valence electrons. The lowest BCUT2D eigenvalue weighted by atomic mass is 10.1. The van der Waals surface area contributed by atoms with E-state index in [1.807, 2.05) is 18.2 Å². The van der Waals surface area contributed by atoms with Crippen molar-refractivity contribution in [3.8, 4) is 5.75 Å². The van der Waals surface area contributed by atoms with E-state index in [1.165, 1.54) is 19.9 Å². The normalized spacial score (nSPS) is 16.1. The molecule has 0 saturated heterocycles. The minimum Gasteiger partial charge on any atom is -0.490 e. The Bertz CT molecular complexity index is 892. The van der Waals surface area contributed by atoms with Gasteiger partial charge in [0.2, 0.25) is 15.9 Å². The zero-order valence-corrected chi connectivity index (χ0v) is 17.0. The number of nitrogens with zero attached hydrogens (tertiary/aromatic N) is 1. The number of hydrogen-bond donors (Lipinski definition) is 1. The van der Waals surface area contributed by atoms with Gasteiger partial charge >= 0.3 is 0 Å². The maximum absolute atomic E-state index is 12.9. The molecule has 0 aromatic heterocycles. The van der Waals surface area contributed by atoms with Crippen LogP contribution in [0.3, 0.4) is 0 Å². The van der Waals surface area contributed by atoms with Crippen LogP contribution >= 0.6 is 0 Å². The standard InChI is InChI=1S/C21H26N2O4S/c1-23(28(2,25)26)20(16-8-4-3-5-9-16)21(24)22-17-12-14-19(15-13-17)27-18-10-6-7-11-18/h3-5,8-9,12-15,18,20H,6-7,10-11H2,1-2H3,(H,22,24)/t20-/m1/s1. The fraction of sp³-hybridized carbons (Fsp3) is 0.381. The second-order valence-electron chi connectivity index (χ2n) is 7.13. The van der Waals surface area contributed by atoms with Crippen molar-refractivity contribution in [2.75, 3.05) is 18.6 Å². The molecular formula is C21H26N2O4S. The molecule has 1 fully saturated rings. The summed E-state index contributed by atoms with van der Waals surface area (Å²) in [5.74, 6) is 0.362. The second-order valence-corrected chi connectivity index (χ2v) is 9.17. The average Bonchev–Trinajstić information content (AvgIpc) is 3.17. The summed E-state index contributed by atoms with van der Waals surface area (Å²) >= 11 is 0. The molecule has 2 aromatic carbocycles. The largest absolute Gasteiger partial charge is 0.490 e. The number of carbonyl (C=O) groups is 1. The van der Waals surface area contributed by atoms with Gasteiger partial charge in [-0.2, -0.15) is 4.31 Å². The van der Waals surface area contributed by atoms with Crippen LogP contribution < -0.4 is 10.1 Å². The SMILES string of the molecule is CN([C@@H](C(=O)Nc1ccc(OC2CCCC2)cc1)c1ccccc1)S(C)(=O)=O. The van der Waals surface area contributed by atoms with E-state index in [9.17, 15) is 13.2 Å². The molecule has 2 aromatic rings. The van der Waals surface area contributed by atoms with Crippen LogP contribution in [0.15, 0.2) is 54.6 Å². The van der Waals surface area contributed by atoms with Crippen LogP contribution in [0.1, 0.15) is 37.3 Å². The van der Waals surface area contributed by atoms with Crippen LogP contribution in [-0.4, -0.2) is 38.0 Å². The molecule has 0 spiro atoms. The summed E-state index contributed by atoms with van der Waals surface area (Å²) in [6, 6.07) is 15.1. The molecule has 1 saturated carbocycles. The summed E-state index contributed by atoms with van der Waals surface area (Å²) in [4.78, 5) is 12.9. The fourth-order valence-electron chi connectivity index (χ4n) is 3.38. The summed E-state index contributed by atoms with van der Waals surface area (Å²) in [7, 11) is -2.15. The first kappa shape index (κ1) is 20.4. The van der Waals surface area contributed by atoms with Gasteiger partial charge in [0, 0.05) is 12.7 Å². The highest BCUT2D eigenvalue weighted by molar-refractivity contribution is 7.88. The van der Waals surface area contributed by atoms with E-state index < -0.39 is 22.0 Å². The summed E-state index contributed by atoms with van der Waals surface area (Å²) in [6.45, 7) is 0. The maximum Gasteiger partial charge on any atom is 0.247 e. The molecule has 0 unspecified atom stereocenters. The zero-order valence-electron chi connectivity index (χ0n) is 16.2. The number of benzene rings is 2. The first-order valence-electron chi connectivity index (χ1n) is 9.40. The molecule has 28 heavy (non-hydrogen) atoms. The molecule has 7 heteroatoms. The molecule has 1 aliphatic rings. The molecule has 6 nitrogen and oxygen atoms in total. The molecule has 0 radical (unpaired) electrons. The maximum atomic E-state index is 12.9. The van der Waals surface area contributed by atoms with Crippen molar-refractivity contribution in [1.82, 2.24) is 4.31 Å². The number of nitrogens with one attached hydrogen (secondary N) is 1. The first-order chi connectivity index (χ1) is 13.3. The molecule has 1 N–H and O–H groups in total. The van der Waals surface area contributed by atoms with Gasteiger partial charge < -0.3 is 10.1 Å². The number of anilines is 1. The Morgan fingerprint density at radius 2 is 1.68 bits per heavy atom. The van der Waals surface area contributed by atoms with Gasteiger partial charge in [0.05, 0.1) is 12.4 Å². The first-order valence-corrected chi connectivity index (χ1v) is 11.2. The lowest BCUT2D eigenvalue weighted by Crippen LogP contribution is -2.38. The third kappa shape index (κ3) is 5.11. The van der Waals surface area contributed by atoms with Crippen molar-refractivity contribution in [2.24, 2.45) is 0 Å². The lowest BCUT2D eigenvalue weighted by molar-refractivity contribution is -0.119. The zero-order chi connectivity index (χ0) is 20.1. The highest BCUT2D eigenvalue weighted by Gasteiger charge is 2.30. The van der Waals surface area contributed by atoms with Crippen molar-refractivity contribution < 1.29 is 17.9 Å². The molecule has 3 rings (SSSR count). The number of hydrogen-bond acceptors (Lipinski definition) is 4. The van der Waals surface area contributed by atoms with Gasteiger partial charge in [-0.3, -0.25) is 4.79 Å². The Balaban J connectivity index is 1.74. The number of sulfonamides is 1. The fourth-order valence-corrected chi connectivity index (χ4v) is 3.98. The van der Waals surface area contributed by atoms with Crippen LogP contribution in [0.5, 0.6) is 5.75 Å². The predicted octanol–water partition coefficient (Wildman–Crippen LogP) is 3.58. The number of likely N-dealkylation sites (N-methyl/N-ethyl adjacent to an activating group) is 1. The lowest BCUT2D eigenvalue weighted by Gasteiger charge is -2.25. The van der Waals surface area contributed by atoms with Crippen LogP contribution in [0.4, 0.5) is 5.69 Å². The quantitative estimate of drug-likeness (QED) is 0.768. The Kier molecular flexibility index (Phi) is 6.36. The van der Waals surface area contributed by atoms with Crippen LogP contribution in [0.2, 0.25) is 0 Å². The van der Waals surface area contributed by atoms with Gasteiger partial charge in [-0.25, -0.2) is 8.42 Å². The molecule has 0 heterocycles. The van der Waals surface area contributed by atoms with Gasteiger partial charge in [-0.05, 0) is 55.5 Å². The monoisotopic (exact) mass is 402 g/mol. The third-order valence-corrected chi connectivity index (χ3v) is 6.23. The summed E-state index contributed by atoms with van der Waals surface area (Å²) in [6.07, 6.45) is 5.92. The van der Waals surface area contributed by atoms with E-state index in [0.29, 0.717) is 11.3 Å². The van der Waals surface area contributed by atoms with Gasteiger partial charge in [0.15, 0.2) is 0 Å². The molecular weight excluding hydrogens is 376 g/mol. The molecule has 1 atom stereocenters. The van der Waals surface area contributed by atoms with Crippen LogP contribution in [0, 0.1) is 0 Å². The molecule has 1 aliphatic carbocycles. The predicted molar refractivity (Wildman–Crippen MR) is 110 cm³/mol. The van der Waals surface area contributed by atoms with Crippen molar-refractivity contribution in [3.05, 3.63) is 60.2 Å². The van der Waals surface area contributed by atoms with Gasteiger partial charge in [0.25, 0.3) is 0 Å².